The van der Waals surface area contributed by atoms with Gasteiger partial charge in [-0.05, 0) is 51.6 Å². The van der Waals surface area contributed by atoms with Crippen LogP contribution in [0.25, 0.3) is 72.8 Å². The van der Waals surface area contributed by atoms with Crippen molar-refractivity contribution in [2.75, 3.05) is 0 Å². The topological polar surface area (TPSA) is 43.6 Å². The molecule has 0 radical (unpaired) electrons. The summed E-state index contributed by atoms with van der Waals surface area (Å²) < 4.78 is 122. The second-order valence-electron chi connectivity index (χ2n) is 11.5. The fraction of sp³-hybridized carbons (Fsp3) is 0.0714. The van der Waals surface area contributed by atoms with Crippen molar-refractivity contribution in [3.05, 3.63) is 156 Å². The highest BCUT2D eigenvalue weighted by atomic mass is 15.2. The monoisotopic (exact) mass is 604 g/mol. The van der Waals surface area contributed by atoms with E-state index in [1.807, 2.05) is 36.4 Å². The largest absolute Gasteiger partial charge is 0.278 e. The van der Waals surface area contributed by atoms with Gasteiger partial charge in [0.15, 0.2) is 11.6 Å². The fourth-order valence-electron chi connectivity index (χ4n) is 6.49. The second kappa shape index (κ2) is 10.1. The zero-order valence-electron chi connectivity index (χ0n) is 38.6. The molecule has 46 heavy (non-hydrogen) atoms. The molecule has 4 heteroatoms. The third-order valence-electron chi connectivity index (χ3n) is 8.58. The first-order chi connectivity index (χ1) is 28.4. The van der Waals surface area contributed by atoms with Crippen LogP contribution >= 0.6 is 0 Å². The standard InChI is InChI=1S/C42H30N4/c1-42(2)34-21-11-9-18-31(34)33-26-29(24-25-35(33)42)40-43-39(28-16-7-4-8-17-28)44-41(45-40)46-36-22-12-10-19-32(36)38-30(20-13-23-37(38)46)27-14-5-3-6-15-27/h3-26H,1-2H3/i3D,4D,5D,6D,7D,8D,10D,12D,14D,15D,16D,17D,19D,22D. The van der Waals surface area contributed by atoms with Gasteiger partial charge in [-0.1, -0.05) is 141 Å². The van der Waals surface area contributed by atoms with Gasteiger partial charge < -0.3 is 0 Å². The van der Waals surface area contributed by atoms with E-state index in [1.165, 1.54) is 10.6 Å². The molecule has 9 rings (SSSR count). The summed E-state index contributed by atoms with van der Waals surface area (Å²) in [5.74, 6) is -0.540. The Bertz CT molecular complexity index is 3190. The van der Waals surface area contributed by atoms with Gasteiger partial charge in [0.1, 0.15) is 0 Å². The number of fused-ring (bicyclic) bond motifs is 6. The normalized spacial score (nSPS) is 17.4. The van der Waals surface area contributed by atoms with Crippen molar-refractivity contribution in [3.63, 3.8) is 0 Å². The van der Waals surface area contributed by atoms with E-state index in [1.54, 1.807) is 12.1 Å². The first kappa shape index (κ1) is 15.9. The number of hydrogen-bond acceptors (Lipinski definition) is 3. The van der Waals surface area contributed by atoms with Gasteiger partial charge in [-0.2, -0.15) is 9.97 Å². The Morgan fingerprint density at radius 1 is 0.543 bits per heavy atom. The van der Waals surface area contributed by atoms with Crippen LogP contribution < -0.4 is 0 Å². The van der Waals surface area contributed by atoms with E-state index >= 15 is 0 Å². The van der Waals surface area contributed by atoms with Crippen molar-refractivity contribution in [2.45, 2.75) is 19.3 Å². The quantitative estimate of drug-likeness (QED) is 0.201. The van der Waals surface area contributed by atoms with Crippen molar-refractivity contribution in [1.82, 2.24) is 19.5 Å². The van der Waals surface area contributed by atoms with Gasteiger partial charge in [-0.3, -0.25) is 4.57 Å². The van der Waals surface area contributed by atoms with Crippen LogP contribution in [-0.4, -0.2) is 19.5 Å². The zero-order chi connectivity index (χ0) is 43.0. The lowest BCUT2D eigenvalue weighted by Gasteiger charge is -2.21. The van der Waals surface area contributed by atoms with Crippen LogP contribution in [0.15, 0.2) is 145 Å². The maximum atomic E-state index is 9.21. The lowest BCUT2D eigenvalue weighted by atomic mass is 9.82. The van der Waals surface area contributed by atoms with Gasteiger partial charge in [0.2, 0.25) is 5.95 Å². The average Bonchev–Trinajstić information content (AvgIpc) is 3.71. The van der Waals surface area contributed by atoms with Crippen LogP contribution in [0.1, 0.15) is 44.2 Å². The summed E-state index contributed by atoms with van der Waals surface area (Å²) in [6.45, 7) is 4.25. The third kappa shape index (κ3) is 3.97. The molecular formula is C42H30N4. The summed E-state index contributed by atoms with van der Waals surface area (Å²) in [5, 5.41) is 0.0572. The lowest BCUT2D eigenvalue weighted by Crippen LogP contribution is -2.14. The van der Waals surface area contributed by atoms with Gasteiger partial charge in [0.05, 0.1) is 30.2 Å². The Morgan fingerprint density at radius 3 is 2.00 bits per heavy atom. The number of para-hydroxylation sites is 1. The second-order valence-corrected chi connectivity index (χ2v) is 11.5. The molecule has 2 aromatic heterocycles. The van der Waals surface area contributed by atoms with Crippen LogP contribution in [0, 0.1) is 0 Å². The molecule has 218 valence electrons. The Balaban J connectivity index is 1.44. The minimum absolute atomic E-state index is 0.0180. The van der Waals surface area contributed by atoms with Gasteiger partial charge in [0, 0.05) is 27.3 Å². The van der Waals surface area contributed by atoms with Crippen molar-refractivity contribution in [1.29, 1.82) is 0 Å². The van der Waals surface area contributed by atoms with Gasteiger partial charge in [-0.25, -0.2) is 4.98 Å². The molecule has 1 aliphatic rings. The van der Waals surface area contributed by atoms with Crippen molar-refractivity contribution in [2.24, 2.45) is 0 Å². The molecule has 0 amide bonds. The Morgan fingerprint density at radius 2 is 1.20 bits per heavy atom. The molecule has 1 aliphatic carbocycles. The van der Waals surface area contributed by atoms with E-state index < -0.39 is 84.6 Å². The zero-order valence-corrected chi connectivity index (χ0v) is 24.6. The Kier molecular flexibility index (Phi) is 3.49. The predicted octanol–water partition coefficient (Wildman–Crippen LogP) is 10.3. The van der Waals surface area contributed by atoms with Crippen LogP contribution in [0.4, 0.5) is 0 Å². The number of rotatable bonds is 4. The molecule has 2 heterocycles. The van der Waals surface area contributed by atoms with Crippen molar-refractivity contribution < 1.29 is 19.2 Å². The average molecular weight is 605 g/mol. The highest BCUT2D eigenvalue weighted by molar-refractivity contribution is 6.15. The SMILES string of the molecule is [2H]c1c([2H])c([2H])c(-c2nc(-c3ccc4c(c3)-c3ccccc3C4(C)C)nc(-n3c4cccc(-c5c([2H])c([2H])c([2H])c([2H])c5[2H])c4c4c([2H])c([2H])c([2H])c([2H])c43)n2)c([2H])c1[2H]. The number of benzene rings is 6. The molecule has 0 saturated carbocycles. The molecule has 0 atom stereocenters. The number of hydrogen-bond donors (Lipinski definition) is 0. The summed E-state index contributed by atoms with van der Waals surface area (Å²) in [5.41, 5.74) is 3.80. The molecule has 0 fully saturated rings. The minimum atomic E-state index is -0.625. The van der Waals surface area contributed by atoms with Crippen molar-refractivity contribution >= 4 is 21.8 Å². The molecule has 0 bridgehead atoms. The molecule has 0 saturated heterocycles. The number of aromatic nitrogens is 4. The Hall–Kier alpha value is -5.87. The van der Waals surface area contributed by atoms with Crippen LogP contribution in [0.3, 0.4) is 0 Å². The first-order valence-electron chi connectivity index (χ1n) is 21.6. The fourth-order valence-corrected chi connectivity index (χ4v) is 6.49. The smallest absolute Gasteiger partial charge is 0.238 e. The summed E-state index contributed by atoms with van der Waals surface area (Å²) in [7, 11) is 0. The molecule has 6 aromatic carbocycles. The van der Waals surface area contributed by atoms with E-state index in [2.05, 4.69) is 19.9 Å². The van der Waals surface area contributed by atoms with E-state index in [0.717, 1.165) is 22.3 Å². The summed E-state index contributed by atoms with van der Waals surface area (Å²) >= 11 is 0. The van der Waals surface area contributed by atoms with E-state index in [-0.39, 0.29) is 61.5 Å². The molecule has 4 nitrogen and oxygen atoms in total. The summed E-state index contributed by atoms with van der Waals surface area (Å²) in [6, 6.07) is 10.2. The maximum absolute atomic E-state index is 9.21. The summed E-state index contributed by atoms with van der Waals surface area (Å²) in [4.78, 5) is 14.3. The van der Waals surface area contributed by atoms with Crippen molar-refractivity contribution in [3.8, 4) is 51.0 Å². The first-order valence-corrected chi connectivity index (χ1v) is 14.6. The molecule has 8 aromatic rings. The van der Waals surface area contributed by atoms with E-state index in [4.69, 9.17) is 32.8 Å². The highest BCUT2D eigenvalue weighted by Gasteiger charge is 2.35. The molecule has 0 spiro atoms. The Labute approximate surface area is 287 Å². The molecule has 0 N–H and O–H groups in total. The maximum Gasteiger partial charge on any atom is 0.238 e. The van der Waals surface area contributed by atoms with E-state index in [0.29, 0.717) is 5.56 Å². The highest BCUT2D eigenvalue weighted by Crippen LogP contribution is 2.49. The van der Waals surface area contributed by atoms with E-state index in [9.17, 15) is 1.37 Å². The molecule has 0 aliphatic heterocycles. The van der Waals surface area contributed by atoms with Gasteiger partial charge in [-0.15, -0.1) is 0 Å². The molecule has 0 unspecified atom stereocenters. The lowest BCUT2D eigenvalue weighted by molar-refractivity contribution is 0.660. The summed E-state index contributed by atoms with van der Waals surface area (Å²) in [6.07, 6.45) is 0. The minimum Gasteiger partial charge on any atom is -0.278 e. The van der Waals surface area contributed by atoms with Crippen LogP contribution in [-0.2, 0) is 5.41 Å². The predicted molar refractivity (Wildman–Crippen MR) is 188 cm³/mol. The van der Waals surface area contributed by atoms with Crippen LogP contribution in [0.5, 0.6) is 0 Å². The van der Waals surface area contributed by atoms with Crippen LogP contribution in [0.2, 0.25) is 0 Å². The molecular weight excluding hydrogens is 560 g/mol. The van der Waals surface area contributed by atoms with Gasteiger partial charge in [0.25, 0.3) is 0 Å². The third-order valence-corrected chi connectivity index (χ3v) is 8.58. The van der Waals surface area contributed by atoms with Gasteiger partial charge >= 0.3 is 0 Å². The number of nitrogens with zero attached hydrogens (tertiary/aromatic N) is 4.